The van der Waals surface area contributed by atoms with Crippen molar-refractivity contribution < 1.29 is 17.9 Å². The highest BCUT2D eigenvalue weighted by Gasteiger charge is 2.24. The van der Waals surface area contributed by atoms with Gasteiger partial charge in [-0.15, -0.1) is 0 Å². The first kappa shape index (κ1) is 15.9. The van der Waals surface area contributed by atoms with E-state index < -0.39 is 10.0 Å². The Hall–Kier alpha value is -0.530. The van der Waals surface area contributed by atoms with Crippen LogP contribution in [0.15, 0.2) is 17.0 Å². The van der Waals surface area contributed by atoms with Crippen LogP contribution in [0.3, 0.4) is 0 Å². The fraction of sp³-hybridized carbons (Fsp3) is 0.500. The summed E-state index contributed by atoms with van der Waals surface area (Å²) in [7, 11) is -2.30. The Kier molecular flexibility index (Phi) is 5.14. The molecular weight excluding hydrogens is 325 g/mol. The van der Waals surface area contributed by atoms with Gasteiger partial charge >= 0.3 is 0 Å². The molecular formula is C12H15Cl2NO4S. The van der Waals surface area contributed by atoms with Crippen LogP contribution >= 0.6 is 23.2 Å². The smallest absolute Gasteiger partial charge is 0.242 e. The van der Waals surface area contributed by atoms with Gasteiger partial charge in [-0.1, -0.05) is 23.2 Å². The minimum atomic E-state index is -3.73. The predicted molar refractivity (Wildman–Crippen MR) is 77.2 cm³/mol. The molecule has 0 spiro atoms. The normalized spacial score (nSPS) is 19.2. The van der Waals surface area contributed by atoms with Crippen LogP contribution in [0.4, 0.5) is 0 Å². The Bertz CT molecular complexity index is 585. The number of sulfonamides is 1. The van der Waals surface area contributed by atoms with Crippen molar-refractivity contribution in [1.82, 2.24) is 4.72 Å². The number of nitrogens with one attached hydrogen (secondary N) is 1. The van der Waals surface area contributed by atoms with E-state index in [9.17, 15) is 8.42 Å². The van der Waals surface area contributed by atoms with Crippen LogP contribution in [-0.2, 0) is 14.8 Å². The van der Waals surface area contributed by atoms with Crippen molar-refractivity contribution in [3.8, 4) is 5.75 Å². The summed E-state index contributed by atoms with van der Waals surface area (Å²) in [6, 6.07) is 2.83. The van der Waals surface area contributed by atoms with Gasteiger partial charge < -0.3 is 9.47 Å². The molecule has 0 aromatic heterocycles. The third-order valence-corrected chi connectivity index (χ3v) is 5.49. The van der Waals surface area contributed by atoms with Gasteiger partial charge in [-0.25, -0.2) is 13.1 Å². The molecule has 1 aromatic rings. The molecule has 1 N–H and O–H groups in total. The molecule has 0 bridgehead atoms. The zero-order chi connectivity index (χ0) is 14.8. The SMILES string of the molecule is COc1ccc(S(=O)(=O)NC[C@@H]2CCCO2)c(Cl)c1Cl. The number of hydrogen-bond donors (Lipinski definition) is 1. The van der Waals surface area contributed by atoms with Gasteiger partial charge in [0.15, 0.2) is 0 Å². The van der Waals surface area contributed by atoms with E-state index in [1.54, 1.807) is 0 Å². The number of methoxy groups -OCH3 is 1. The summed E-state index contributed by atoms with van der Waals surface area (Å²) in [6.45, 7) is 0.893. The number of hydrogen-bond acceptors (Lipinski definition) is 4. The molecule has 1 heterocycles. The zero-order valence-corrected chi connectivity index (χ0v) is 13.2. The van der Waals surface area contributed by atoms with Gasteiger partial charge in [0.25, 0.3) is 0 Å². The summed E-state index contributed by atoms with van der Waals surface area (Å²) in [5.74, 6) is 0.328. The van der Waals surface area contributed by atoms with Crippen LogP contribution in [0.1, 0.15) is 12.8 Å². The molecule has 1 aromatic carbocycles. The largest absolute Gasteiger partial charge is 0.495 e. The molecule has 112 valence electrons. The van der Waals surface area contributed by atoms with Crippen molar-refractivity contribution in [2.75, 3.05) is 20.3 Å². The summed E-state index contributed by atoms with van der Waals surface area (Å²) in [6.07, 6.45) is 1.71. The van der Waals surface area contributed by atoms with Gasteiger partial charge in [0.2, 0.25) is 10.0 Å². The molecule has 0 amide bonds. The molecule has 8 heteroatoms. The first-order valence-corrected chi connectivity index (χ1v) is 8.33. The van der Waals surface area contributed by atoms with Crippen molar-refractivity contribution in [1.29, 1.82) is 0 Å². The Morgan fingerprint density at radius 1 is 1.40 bits per heavy atom. The monoisotopic (exact) mass is 339 g/mol. The number of benzene rings is 1. The summed E-state index contributed by atoms with van der Waals surface area (Å²) >= 11 is 12.0. The molecule has 0 unspecified atom stereocenters. The molecule has 2 rings (SSSR count). The molecule has 1 saturated heterocycles. The fourth-order valence-corrected chi connectivity index (χ4v) is 3.87. The van der Waals surface area contributed by atoms with E-state index in [1.807, 2.05) is 0 Å². The topological polar surface area (TPSA) is 64.6 Å². The van der Waals surface area contributed by atoms with Crippen LogP contribution in [0.25, 0.3) is 0 Å². The maximum absolute atomic E-state index is 12.2. The molecule has 5 nitrogen and oxygen atoms in total. The lowest BCUT2D eigenvalue weighted by atomic mass is 10.2. The van der Waals surface area contributed by atoms with Crippen LogP contribution in [0.5, 0.6) is 5.75 Å². The highest BCUT2D eigenvalue weighted by Crippen LogP contribution is 2.36. The maximum atomic E-state index is 12.2. The lowest BCUT2D eigenvalue weighted by molar-refractivity contribution is 0.114. The second kappa shape index (κ2) is 6.49. The second-order valence-corrected chi connectivity index (χ2v) is 6.87. The lowest BCUT2D eigenvalue weighted by Gasteiger charge is -2.13. The van der Waals surface area contributed by atoms with E-state index in [2.05, 4.69) is 4.72 Å². The van der Waals surface area contributed by atoms with Crippen LogP contribution in [0.2, 0.25) is 10.0 Å². The summed E-state index contributed by atoms with van der Waals surface area (Å²) in [5, 5.41) is 0.0278. The minimum absolute atomic E-state index is 0.0501. The summed E-state index contributed by atoms with van der Waals surface area (Å²) < 4.78 is 37.3. The molecule has 1 atom stereocenters. The number of ether oxygens (including phenoxy) is 2. The van der Waals surface area contributed by atoms with Crippen molar-refractivity contribution in [3.63, 3.8) is 0 Å². The quantitative estimate of drug-likeness (QED) is 0.894. The average Bonchev–Trinajstić information content (AvgIpc) is 2.92. The third kappa shape index (κ3) is 3.38. The van der Waals surface area contributed by atoms with E-state index in [4.69, 9.17) is 32.7 Å². The van der Waals surface area contributed by atoms with Gasteiger partial charge in [-0.2, -0.15) is 0 Å². The molecule has 1 aliphatic heterocycles. The van der Waals surface area contributed by atoms with Crippen LogP contribution in [-0.4, -0.2) is 34.8 Å². The zero-order valence-electron chi connectivity index (χ0n) is 10.9. The van der Waals surface area contributed by atoms with Crippen LogP contribution < -0.4 is 9.46 Å². The highest BCUT2D eigenvalue weighted by atomic mass is 35.5. The fourth-order valence-electron chi connectivity index (χ4n) is 1.96. The van der Waals surface area contributed by atoms with Gasteiger partial charge in [0, 0.05) is 13.2 Å². The summed E-state index contributed by atoms with van der Waals surface area (Å²) in [5.41, 5.74) is 0. The number of rotatable bonds is 5. The standard InChI is InChI=1S/C12H15Cl2NO4S/c1-18-9-4-5-10(12(14)11(9)13)20(16,17)15-7-8-3-2-6-19-8/h4-5,8,15H,2-3,6-7H2,1H3/t8-/m0/s1. The number of halogens is 2. The first-order chi connectivity index (χ1) is 9.45. The molecule has 0 aliphatic carbocycles. The second-order valence-electron chi connectivity index (χ2n) is 4.38. The average molecular weight is 340 g/mol. The van der Waals surface area contributed by atoms with Crippen molar-refractivity contribution >= 4 is 33.2 Å². The van der Waals surface area contributed by atoms with Gasteiger partial charge in [-0.3, -0.25) is 0 Å². The molecule has 0 radical (unpaired) electrons. The molecule has 1 aliphatic rings. The maximum Gasteiger partial charge on any atom is 0.242 e. The van der Waals surface area contributed by atoms with Gasteiger partial charge in [-0.05, 0) is 25.0 Å². The van der Waals surface area contributed by atoms with E-state index in [1.165, 1.54) is 19.2 Å². The van der Waals surface area contributed by atoms with E-state index >= 15 is 0 Å². The summed E-state index contributed by atoms with van der Waals surface area (Å²) in [4.78, 5) is -0.0667. The Morgan fingerprint density at radius 3 is 2.75 bits per heavy atom. The van der Waals surface area contributed by atoms with E-state index in [0.29, 0.717) is 12.4 Å². The van der Waals surface area contributed by atoms with Crippen molar-refractivity contribution in [2.24, 2.45) is 0 Å². The molecule has 1 fully saturated rings. The highest BCUT2D eigenvalue weighted by molar-refractivity contribution is 7.89. The lowest BCUT2D eigenvalue weighted by Crippen LogP contribution is -2.32. The molecule has 0 saturated carbocycles. The van der Waals surface area contributed by atoms with Gasteiger partial charge in [0.1, 0.15) is 15.7 Å². The van der Waals surface area contributed by atoms with E-state index in [0.717, 1.165) is 12.8 Å². The minimum Gasteiger partial charge on any atom is -0.495 e. The van der Waals surface area contributed by atoms with Crippen molar-refractivity contribution in [3.05, 3.63) is 22.2 Å². The van der Waals surface area contributed by atoms with Gasteiger partial charge in [0.05, 0.1) is 18.2 Å². The third-order valence-electron chi connectivity index (χ3n) is 3.05. The van der Waals surface area contributed by atoms with Crippen LogP contribution in [0, 0.1) is 0 Å². The first-order valence-electron chi connectivity index (χ1n) is 6.09. The van der Waals surface area contributed by atoms with Crippen molar-refractivity contribution in [2.45, 2.75) is 23.8 Å². The Balaban J connectivity index is 2.18. The Morgan fingerprint density at radius 2 is 2.15 bits per heavy atom. The van der Waals surface area contributed by atoms with E-state index in [-0.39, 0.29) is 27.6 Å². The predicted octanol–water partition coefficient (Wildman–Crippen LogP) is 2.46. The Labute approximate surface area is 128 Å². The molecule has 20 heavy (non-hydrogen) atoms.